The molecular weight excluding hydrogens is 577 g/mol. The van der Waals surface area contributed by atoms with Gasteiger partial charge in [0.2, 0.25) is 17.7 Å². The second kappa shape index (κ2) is 14.2. The number of benzene rings is 1. The number of amides is 4. The van der Waals surface area contributed by atoms with Gasteiger partial charge in [0, 0.05) is 45.0 Å². The Morgan fingerprint density at radius 2 is 1.82 bits per heavy atom. The Balaban J connectivity index is 1.65. The quantitative estimate of drug-likeness (QED) is 0.302. The van der Waals surface area contributed by atoms with E-state index in [0.29, 0.717) is 25.0 Å². The zero-order chi connectivity index (χ0) is 32.9. The highest BCUT2D eigenvalue weighted by molar-refractivity contribution is 5.93. The summed E-state index contributed by atoms with van der Waals surface area (Å²) in [5, 5.41) is 8.76. The first-order chi connectivity index (χ1) is 21.3. The number of carbonyl (C=O) groups excluding carboxylic acids is 4. The number of pyridine rings is 1. The van der Waals surface area contributed by atoms with E-state index in [1.807, 2.05) is 45.2 Å². The Morgan fingerprint density at radius 1 is 1.11 bits per heavy atom. The van der Waals surface area contributed by atoms with Gasteiger partial charge in [0.15, 0.2) is 0 Å². The first-order valence-corrected chi connectivity index (χ1v) is 15.3. The second-order valence-electron chi connectivity index (χ2n) is 12.8. The topological polar surface area (TPSA) is 128 Å². The number of nitrogens with zero attached hydrogens (tertiary/aromatic N) is 4. The molecule has 2 aromatic heterocycles. The second-order valence-corrected chi connectivity index (χ2v) is 12.8. The van der Waals surface area contributed by atoms with Crippen LogP contribution >= 0.6 is 0 Å². The van der Waals surface area contributed by atoms with Crippen LogP contribution in [0.2, 0.25) is 0 Å². The molecule has 0 unspecified atom stereocenters. The fourth-order valence-corrected chi connectivity index (χ4v) is 5.61. The largest absolute Gasteiger partial charge is 0.352 e. The van der Waals surface area contributed by atoms with Crippen LogP contribution in [0, 0.1) is 11.2 Å². The monoisotopic (exact) mass is 621 g/mol. The van der Waals surface area contributed by atoms with Crippen molar-refractivity contribution in [3.8, 4) is 0 Å². The summed E-state index contributed by atoms with van der Waals surface area (Å²) >= 11 is 0. The smallest absolute Gasteiger partial charge is 0.274 e. The number of carbonyl (C=O) groups is 4. The number of likely N-dealkylation sites (tertiary alicyclic amines) is 1. The van der Waals surface area contributed by atoms with Gasteiger partial charge < -0.3 is 30.2 Å². The number of hydrogen-bond acceptors (Lipinski definition) is 6. The van der Waals surface area contributed by atoms with Crippen molar-refractivity contribution < 1.29 is 23.6 Å². The number of aromatic nitrogens is 2. The normalized spacial score (nSPS) is 18.0. The molecule has 3 N–H and O–H groups in total. The molecule has 242 valence electrons. The molecule has 11 nitrogen and oxygen atoms in total. The van der Waals surface area contributed by atoms with Gasteiger partial charge in [-0.1, -0.05) is 39.0 Å². The summed E-state index contributed by atoms with van der Waals surface area (Å²) in [5.74, 6) is -1.45. The number of rotatable bonds is 11. The number of likely N-dealkylation sites (N-methyl/N-ethyl adjacent to an activating group) is 1. The van der Waals surface area contributed by atoms with Crippen LogP contribution in [0.3, 0.4) is 0 Å². The van der Waals surface area contributed by atoms with Gasteiger partial charge in [-0.25, -0.2) is 9.37 Å². The summed E-state index contributed by atoms with van der Waals surface area (Å²) in [4.78, 5) is 61.1. The number of halogens is 1. The van der Waals surface area contributed by atoms with Gasteiger partial charge in [-0.15, -0.1) is 0 Å². The maximum absolute atomic E-state index is 14.3. The summed E-state index contributed by atoms with van der Waals surface area (Å²) in [6.45, 7) is 9.51. The summed E-state index contributed by atoms with van der Waals surface area (Å²) in [6.07, 6.45) is 4.37. The molecule has 0 saturated carbocycles. The average molecular weight is 622 g/mol. The molecule has 0 radical (unpaired) electrons. The number of nitrogens with one attached hydrogen (secondary N) is 3. The third-order valence-corrected chi connectivity index (χ3v) is 8.22. The Bertz CT molecular complexity index is 1480. The Kier molecular flexibility index (Phi) is 10.6. The molecule has 0 bridgehead atoms. The van der Waals surface area contributed by atoms with Gasteiger partial charge in [0.25, 0.3) is 5.91 Å². The molecule has 4 atom stereocenters. The van der Waals surface area contributed by atoms with Crippen molar-refractivity contribution in [2.45, 2.75) is 71.6 Å². The highest BCUT2D eigenvalue weighted by Gasteiger charge is 2.43. The molecule has 0 aliphatic carbocycles. The highest BCUT2D eigenvalue weighted by atomic mass is 19.1. The summed E-state index contributed by atoms with van der Waals surface area (Å²) in [6, 6.07) is 9.51. The fraction of sp³-hybridized carbons (Fsp3) is 0.485. The summed E-state index contributed by atoms with van der Waals surface area (Å²) in [5.41, 5.74) is 1.12. The molecule has 1 aromatic carbocycles. The molecule has 0 spiro atoms. The van der Waals surface area contributed by atoms with Crippen molar-refractivity contribution in [3.05, 3.63) is 71.9 Å². The lowest BCUT2D eigenvalue weighted by Crippen LogP contribution is -2.59. The molecule has 3 heterocycles. The van der Waals surface area contributed by atoms with E-state index in [1.165, 1.54) is 19.1 Å². The van der Waals surface area contributed by atoms with Crippen molar-refractivity contribution in [2.24, 2.45) is 5.41 Å². The first kappa shape index (κ1) is 33.6. The molecule has 1 saturated heterocycles. The minimum absolute atomic E-state index is 0.174. The van der Waals surface area contributed by atoms with Crippen LogP contribution < -0.4 is 16.0 Å². The molecule has 45 heavy (non-hydrogen) atoms. The van der Waals surface area contributed by atoms with Crippen LogP contribution in [-0.2, 0) is 20.8 Å². The van der Waals surface area contributed by atoms with E-state index in [2.05, 4.69) is 20.9 Å². The molecule has 1 aliphatic heterocycles. The van der Waals surface area contributed by atoms with E-state index >= 15 is 0 Å². The van der Waals surface area contributed by atoms with E-state index in [1.54, 1.807) is 46.5 Å². The van der Waals surface area contributed by atoms with Crippen molar-refractivity contribution in [1.82, 2.24) is 35.1 Å². The van der Waals surface area contributed by atoms with Crippen LogP contribution in [0.15, 0.2) is 54.9 Å². The van der Waals surface area contributed by atoms with Crippen LogP contribution in [-0.4, -0.2) is 93.7 Å². The number of fused-ring (bicyclic) bond motifs is 1. The van der Waals surface area contributed by atoms with E-state index in [4.69, 9.17) is 0 Å². The van der Waals surface area contributed by atoms with E-state index < -0.39 is 23.5 Å². The molecule has 1 fully saturated rings. The highest BCUT2D eigenvalue weighted by Crippen LogP contribution is 2.27. The number of imidazole rings is 1. The Hall–Kier alpha value is -4.32. The van der Waals surface area contributed by atoms with Crippen LogP contribution in [0.25, 0.3) is 5.65 Å². The summed E-state index contributed by atoms with van der Waals surface area (Å²) in [7, 11) is 1.67. The lowest BCUT2D eigenvalue weighted by atomic mass is 9.85. The average Bonchev–Trinajstić information content (AvgIpc) is 3.60. The zero-order valence-corrected chi connectivity index (χ0v) is 26.8. The Morgan fingerprint density at radius 3 is 2.44 bits per heavy atom. The van der Waals surface area contributed by atoms with Crippen LogP contribution in [0.5, 0.6) is 0 Å². The summed E-state index contributed by atoms with van der Waals surface area (Å²) < 4.78 is 15.3. The SMILES string of the molecule is CN[C@@H](C)C(=O)N[C@H](C(=O)N1C[C@@H](NC(C)=O)C[C@H]1CN(CCc1ccc(F)cc1)C(=O)c1cn2ccccc2n1)C(C)(C)C. The van der Waals surface area contributed by atoms with Gasteiger partial charge in [-0.3, -0.25) is 19.2 Å². The number of hydrogen-bond donors (Lipinski definition) is 3. The molecule has 12 heteroatoms. The van der Waals surface area contributed by atoms with Crippen LogP contribution in [0.4, 0.5) is 4.39 Å². The van der Waals surface area contributed by atoms with Gasteiger partial charge in [-0.2, -0.15) is 0 Å². The molecule has 4 amide bonds. The van der Waals surface area contributed by atoms with E-state index in [0.717, 1.165) is 5.56 Å². The first-order valence-electron chi connectivity index (χ1n) is 15.3. The predicted octanol–water partition coefficient (Wildman–Crippen LogP) is 2.40. The zero-order valence-electron chi connectivity index (χ0n) is 26.8. The minimum atomic E-state index is -0.846. The molecule has 3 aromatic rings. The lowest BCUT2D eigenvalue weighted by molar-refractivity contribution is -0.140. The van der Waals surface area contributed by atoms with Crippen LogP contribution in [0.1, 0.15) is 57.1 Å². The molecular formula is C33H44FN7O4. The van der Waals surface area contributed by atoms with Crippen molar-refractivity contribution in [2.75, 3.05) is 26.7 Å². The maximum atomic E-state index is 14.3. The third-order valence-electron chi connectivity index (χ3n) is 8.22. The predicted molar refractivity (Wildman–Crippen MR) is 169 cm³/mol. The van der Waals surface area contributed by atoms with E-state index in [-0.39, 0.29) is 54.3 Å². The third kappa shape index (κ3) is 8.44. The van der Waals surface area contributed by atoms with Gasteiger partial charge in [-0.05, 0) is 62.1 Å². The maximum Gasteiger partial charge on any atom is 0.274 e. The lowest BCUT2D eigenvalue weighted by Gasteiger charge is -2.37. The van der Waals surface area contributed by atoms with Crippen molar-refractivity contribution >= 4 is 29.3 Å². The van der Waals surface area contributed by atoms with E-state index in [9.17, 15) is 23.6 Å². The minimum Gasteiger partial charge on any atom is -0.352 e. The Labute approximate surface area is 263 Å². The standard InChI is InChI=1S/C33H44FN7O4/c1-21(35-6)30(43)38-29(33(3,4)5)32(45)41-18-25(36-22(2)42)17-26(41)19-40(16-14-23-10-12-24(34)13-11-23)31(44)27-20-39-15-8-7-9-28(39)37-27/h7-13,15,20-21,25-26,29,35H,14,16-19H2,1-6H3,(H,36,42)(H,38,43)/t21-,25-,26-,29+/m0/s1. The fourth-order valence-electron chi connectivity index (χ4n) is 5.61. The molecule has 4 rings (SSSR count). The van der Waals surface area contributed by atoms with Gasteiger partial charge >= 0.3 is 0 Å². The molecule has 1 aliphatic rings. The van der Waals surface area contributed by atoms with Crippen molar-refractivity contribution in [3.63, 3.8) is 0 Å². The van der Waals surface area contributed by atoms with Gasteiger partial charge in [0.05, 0.1) is 12.1 Å². The van der Waals surface area contributed by atoms with Gasteiger partial charge in [0.1, 0.15) is 23.2 Å². The van der Waals surface area contributed by atoms with Crippen molar-refractivity contribution in [1.29, 1.82) is 0 Å².